The lowest BCUT2D eigenvalue weighted by molar-refractivity contribution is -0.131. The van der Waals surface area contributed by atoms with Crippen LogP contribution in [0.25, 0.3) is 0 Å². The van der Waals surface area contributed by atoms with Crippen LogP contribution in [-0.2, 0) is 22.4 Å². The van der Waals surface area contributed by atoms with Crippen molar-refractivity contribution in [2.75, 3.05) is 32.7 Å². The summed E-state index contributed by atoms with van der Waals surface area (Å²) in [7, 11) is 0. The zero-order valence-corrected chi connectivity index (χ0v) is 15.4. The molecular formula is C20H29N3O2. The number of hydrogen-bond acceptors (Lipinski definition) is 3. The highest BCUT2D eigenvalue weighted by Crippen LogP contribution is 2.24. The van der Waals surface area contributed by atoms with E-state index in [2.05, 4.69) is 35.3 Å². The maximum Gasteiger partial charge on any atom is 0.234 e. The molecular weight excluding hydrogens is 314 g/mol. The number of amides is 2. The lowest BCUT2D eigenvalue weighted by atomic mass is 9.89. The zero-order chi connectivity index (χ0) is 17.8. The van der Waals surface area contributed by atoms with E-state index < -0.39 is 0 Å². The highest BCUT2D eigenvalue weighted by atomic mass is 16.2. The third-order valence-corrected chi connectivity index (χ3v) is 5.43. The second-order valence-corrected chi connectivity index (χ2v) is 7.31. The van der Waals surface area contributed by atoms with Crippen LogP contribution in [0.3, 0.4) is 0 Å². The van der Waals surface area contributed by atoms with Crippen molar-refractivity contribution in [3.05, 3.63) is 34.9 Å². The van der Waals surface area contributed by atoms with Gasteiger partial charge in [-0.05, 0) is 49.3 Å². The molecule has 1 aliphatic heterocycles. The SMILES string of the molecule is CC(=O)N1CCN(CC(=O)N[C@@H](C)c2ccc3c(c2)CCCC3)CC1. The van der Waals surface area contributed by atoms with Crippen molar-refractivity contribution in [1.82, 2.24) is 15.1 Å². The van der Waals surface area contributed by atoms with Crippen LogP contribution in [0.15, 0.2) is 18.2 Å². The number of benzene rings is 1. The summed E-state index contributed by atoms with van der Waals surface area (Å²) in [4.78, 5) is 27.7. The third-order valence-electron chi connectivity index (χ3n) is 5.43. The summed E-state index contributed by atoms with van der Waals surface area (Å²) in [6.07, 6.45) is 4.89. The lowest BCUT2D eigenvalue weighted by Gasteiger charge is -2.33. The van der Waals surface area contributed by atoms with Crippen LogP contribution in [0.4, 0.5) is 0 Å². The number of rotatable bonds is 4. The van der Waals surface area contributed by atoms with Gasteiger partial charge in [-0.2, -0.15) is 0 Å². The van der Waals surface area contributed by atoms with Crippen LogP contribution in [-0.4, -0.2) is 54.3 Å². The number of piperazine rings is 1. The van der Waals surface area contributed by atoms with Gasteiger partial charge in [-0.1, -0.05) is 18.2 Å². The molecule has 1 N–H and O–H groups in total. The minimum absolute atomic E-state index is 0.0261. The van der Waals surface area contributed by atoms with Crippen LogP contribution in [0.2, 0.25) is 0 Å². The van der Waals surface area contributed by atoms with Gasteiger partial charge >= 0.3 is 0 Å². The van der Waals surface area contributed by atoms with Crippen molar-refractivity contribution in [2.24, 2.45) is 0 Å². The van der Waals surface area contributed by atoms with E-state index in [4.69, 9.17) is 0 Å². The average molecular weight is 343 g/mol. The molecule has 0 bridgehead atoms. The first-order valence-corrected chi connectivity index (χ1v) is 9.42. The highest BCUT2D eigenvalue weighted by molar-refractivity contribution is 5.78. The standard InChI is InChI=1S/C20H29N3O2/c1-15(18-8-7-17-5-3-4-6-19(17)13-18)21-20(25)14-22-9-11-23(12-10-22)16(2)24/h7-8,13,15H,3-6,9-12,14H2,1-2H3,(H,21,25)/t15-/m0/s1. The maximum atomic E-state index is 12.4. The van der Waals surface area contributed by atoms with Crippen molar-refractivity contribution in [2.45, 2.75) is 45.6 Å². The second kappa shape index (κ2) is 8.00. The van der Waals surface area contributed by atoms with E-state index in [0.717, 1.165) is 19.5 Å². The Hall–Kier alpha value is -1.88. The molecule has 1 fully saturated rings. The molecule has 0 unspecified atom stereocenters. The molecule has 1 saturated heterocycles. The van der Waals surface area contributed by atoms with Gasteiger partial charge in [0.2, 0.25) is 11.8 Å². The Morgan fingerprint density at radius 2 is 1.76 bits per heavy atom. The minimum Gasteiger partial charge on any atom is -0.348 e. The van der Waals surface area contributed by atoms with Gasteiger partial charge in [0.25, 0.3) is 0 Å². The van der Waals surface area contributed by atoms with Gasteiger partial charge in [-0.25, -0.2) is 0 Å². The molecule has 25 heavy (non-hydrogen) atoms. The predicted octanol–water partition coefficient (Wildman–Crippen LogP) is 1.91. The fourth-order valence-electron chi connectivity index (χ4n) is 3.82. The van der Waals surface area contributed by atoms with Gasteiger partial charge in [-0.15, -0.1) is 0 Å². The highest BCUT2D eigenvalue weighted by Gasteiger charge is 2.21. The summed E-state index contributed by atoms with van der Waals surface area (Å²) < 4.78 is 0. The van der Waals surface area contributed by atoms with E-state index in [-0.39, 0.29) is 17.9 Å². The Morgan fingerprint density at radius 3 is 2.44 bits per heavy atom. The van der Waals surface area contributed by atoms with Crippen LogP contribution >= 0.6 is 0 Å². The molecule has 136 valence electrons. The van der Waals surface area contributed by atoms with E-state index in [9.17, 15) is 9.59 Å². The molecule has 0 radical (unpaired) electrons. The van der Waals surface area contributed by atoms with E-state index in [1.807, 2.05) is 4.90 Å². The largest absolute Gasteiger partial charge is 0.348 e. The Labute approximate surface area is 150 Å². The summed E-state index contributed by atoms with van der Waals surface area (Å²) in [6.45, 7) is 7.01. The second-order valence-electron chi connectivity index (χ2n) is 7.31. The van der Waals surface area contributed by atoms with Crippen LogP contribution in [0.1, 0.15) is 49.4 Å². The molecule has 0 aromatic heterocycles. The van der Waals surface area contributed by atoms with Gasteiger partial charge < -0.3 is 10.2 Å². The molecule has 1 aromatic rings. The van der Waals surface area contributed by atoms with Gasteiger partial charge in [0.05, 0.1) is 12.6 Å². The fourth-order valence-corrected chi connectivity index (χ4v) is 3.82. The molecule has 0 saturated carbocycles. The molecule has 2 aliphatic rings. The van der Waals surface area contributed by atoms with Crippen molar-refractivity contribution in [3.8, 4) is 0 Å². The number of nitrogens with zero attached hydrogens (tertiary/aromatic N) is 2. The molecule has 5 heteroatoms. The Balaban J connectivity index is 1.50. The molecule has 1 aliphatic carbocycles. The summed E-state index contributed by atoms with van der Waals surface area (Å²) in [5.41, 5.74) is 4.11. The average Bonchev–Trinajstić information content (AvgIpc) is 2.61. The van der Waals surface area contributed by atoms with Gasteiger partial charge in [0.15, 0.2) is 0 Å². The molecule has 1 aromatic carbocycles. The molecule has 3 rings (SSSR count). The summed E-state index contributed by atoms with van der Waals surface area (Å²) in [6, 6.07) is 6.68. The quantitative estimate of drug-likeness (QED) is 0.909. The minimum atomic E-state index is 0.0261. The van der Waals surface area contributed by atoms with E-state index in [0.29, 0.717) is 19.6 Å². The third kappa shape index (κ3) is 4.60. The topological polar surface area (TPSA) is 52.7 Å². The van der Waals surface area contributed by atoms with Gasteiger partial charge in [-0.3, -0.25) is 14.5 Å². The van der Waals surface area contributed by atoms with E-state index in [1.54, 1.807) is 6.92 Å². The predicted molar refractivity (Wildman–Crippen MR) is 98.3 cm³/mol. The van der Waals surface area contributed by atoms with E-state index >= 15 is 0 Å². The molecule has 1 heterocycles. The Kier molecular flexibility index (Phi) is 5.74. The number of nitrogens with one attached hydrogen (secondary N) is 1. The zero-order valence-electron chi connectivity index (χ0n) is 15.4. The van der Waals surface area contributed by atoms with Crippen molar-refractivity contribution in [1.29, 1.82) is 0 Å². The summed E-state index contributed by atoms with van der Waals surface area (Å²) >= 11 is 0. The molecule has 1 atom stereocenters. The molecule has 2 amide bonds. The maximum absolute atomic E-state index is 12.4. The van der Waals surface area contributed by atoms with Crippen molar-refractivity contribution >= 4 is 11.8 Å². The normalized spacial score (nSPS) is 19.2. The van der Waals surface area contributed by atoms with Crippen molar-refractivity contribution < 1.29 is 9.59 Å². The summed E-state index contributed by atoms with van der Waals surface area (Å²) in [5.74, 6) is 0.173. The number of hydrogen-bond donors (Lipinski definition) is 1. The van der Waals surface area contributed by atoms with Crippen LogP contribution in [0.5, 0.6) is 0 Å². The smallest absolute Gasteiger partial charge is 0.234 e. The van der Waals surface area contributed by atoms with Crippen LogP contribution < -0.4 is 5.32 Å². The Bertz CT molecular complexity index is 636. The lowest BCUT2D eigenvalue weighted by Crippen LogP contribution is -2.50. The fraction of sp³-hybridized carbons (Fsp3) is 0.600. The molecule has 5 nitrogen and oxygen atoms in total. The summed E-state index contributed by atoms with van der Waals surface area (Å²) in [5, 5.41) is 3.12. The first-order chi connectivity index (χ1) is 12.0. The number of carbonyl (C=O) groups excluding carboxylic acids is 2. The van der Waals surface area contributed by atoms with Gasteiger partial charge in [0.1, 0.15) is 0 Å². The Morgan fingerprint density at radius 1 is 1.08 bits per heavy atom. The van der Waals surface area contributed by atoms with Crippen molar-refractivity contribution in [3.63, 3.8) is 0 Å². The first-order valence-electron chi connectivity index (χ1n) is 9.42. The van der Waals surface area contributed by atoms with Crippen LogP contribution in [0, 0.1) is 0 Å². The van der Waals surface area contributed by atoms with E-state index in [1.165, 1.54) is 36.0 Å². The van der Waals surface area contributed by atoms with Gasteiger partial charge in [0, 0.05) is 33.1 Å². The monoisotopic (exact) mass is 343 g/mol. The first kappa shape index (κ1) is 17.9. The molecule has 0 spiro atoms. The number of fused-ring (bicyclic) bond motifs is 1. The number of aryl methyl sites for hydroxylation is 2. The number of carbonyl (C=O) groups is 2.